The number of pyridine rings is 1. The van der Waals surface area contributed by atoms with Crippen molar-refractivity contribution in [2.45, 2.75) is 18.0 Å². The van der Waals surface area contributed by atoms with Crippen molar-refractivity contribution in [1.29, 1.82) is 0 Å². The lowest BCUT2D eigenvalue weighted by Crippen LogP contribution is -2.50. The molecule has 13 heteroatoms. The highest BCUT2D eigenvalue weighted by Crippen LogP contribution is 2.28. The van der Waals surface area contributed by atoms with Gasteiger partial charge in [-0.05, 0) is 25.1 Å². The number of primary amides is 1. The number of amides is 2. The Morgan fingerprint density at radius 1 is 1.13 bits per heavy atom. The van der Waals surface area contributed by atoms with Crippen molar-refractivity contribution in [2.75, 3.05) is 26.2 Å². The summed E-state index contributed by atoms with van der Waals surface area (Å²) in [7, 11) is -2.42. The van der Waals surface area contributed by atoms with Gasteiger partial charge in [0.25, 0.3) is 11.8 Å². The van der Waals surface area contributed by atoms with Crippen LogP contribution in [-0.2, 0) is 23.2 Å². The molecule has 1 aliphatic rings. The summed E-state index contributed by atoms with van der Waals surface area (Å²) in [6.45, 7) is 1.39. The molecule has 2 N–H and O–H groups in total. The van der Waals surface area contributed by atoms with Crippen molar-refractivity contribution in [3.05, 3.63) is 47.0 Å². The molecule has 3 rings (SSSR count). The Morgan fingerprint density at radius 2 is 1.74 bits per heavy atom. The Hall–Kier alpha value is -2.93. The number of piperazine rings is 1. The van der Waals surface area contributed by atoms with Gasteiger partial charge in [-0.25, -0.2) is 13.4 Å². The van der Waals surface area contributed by atoms with E-state index in [1.165, 1.54) is 40.0 Å². The first-order chi connectivity index (χ1) is 14.3. The molecule has 0 saturated carbocycles. The number of carbonyl (C=O) groups is 2. The van der Waals surface area contributed by atoms with Crippen LogP contribution in [0.15, 0.2) is 29.3 Å². The van der Waals surface area contributed by atoms with E-state index >= 15 is 0 Å². The van der Waals surface area contributed by atoms with Crippen molar-refractivity contribution in [3.8, 4) is 0 Å². The molecule has 0 spiro atoms. The van der Waals surface area contributed by atoms with Crippen molar-refractivity contribution in [1.82, 2.24) is 18.8 Å². The first-order valence-electron chi connectivity index (χ1n) is 9.13. The molecule has 1 aliphatic heterocycles. The van der Waals surface area contributed by atoms with Crippen LogP contribution in [0.1, 0.15) is 32.2 Å². The maximum absolute atomic E-state index is 12.8. The Labute approximate surface area is 176 Å². The first kappa shape index (κ1) is 22.7. The summed E-state index contributed by atoms with van der Waals surface area (Å²) in [6, 6.07) is 3.00. The largest absolute Gasteiger partial charge is 0.433 e. The van der Waals surface area contributed by atoms with E-state index in [1.807, 2.05) is 0 Å². The fourth-order valence-electron chi connectivity index (χ4n) is 3.32. The fraction of sp³-hybridized carbons (Fsp3) is 0.389. The molecule has 1 fully saturated rings. The van der Waals surface area contributed by atoms with Crippen molar-refractivity contribution in [3.63, 3.8) is 0 Å². The lowest BCUT2D eigenvalue weighted by molar-refractivity contribution is -0.141. The number of halogens is 3. The maximum Gasteiger partial charge on any atom is 0.433 e. The van der Waals surface area contributed by atoms with Crippen molar-refractivity contribution in [2.24, 2.45) is 12.8 Å². The second kappa shape index (κ2) is 7.96. The van der Waals surface area contributed by atoms with E-state index < -0.39 is 33.7 Å². The van der Waals surface area contributed by atoms with Crippen LogP contribution in [0.3, 0.4) is 0 Å². The summed E-state index contributed by atoms with van der Waals surface area (Å²) in [6.07, 6.45) is -3.33. The summed E-state index contributed by atoms with van der Waals surface area (Å²) < 4.78 is 66.5. The minimum absolute atomic E-state index is 0.0119. The van der Waals surface area contributed by atoms with Crippen molar-refractivity contribution < 1.29 is 31.2 Å². The number of nitrogens with two attached hydrogens (primary N) is 1. The molecule has 9 nitrogen and oxygen atoms in total. The summed E-state index contributed by atoms with van der Waals surface area (Å²) in [5, 5.41) is 0. The fourth-order valence-corrected chi connectivity index (χ4v) is 4.81. The number of rotatable bonds is 4. The van der Waals surface area contributed by atoms with Crippen LogP contribution in [0.2, 0.25) is 0 Å². The van der Waals surface area contributed by atoms with E-state index in [4.69, 9.17) is 5.73 Å². The molecule has 0 bridgehead atoms. The van der Waals surface area contributed by atoms with Crippen LogP contribution < -0.4 is 5.73 Å². The zero-order chi connectivity index (χ0) is 23.1. The number of carbonyl (C=O) groups excluding carboxylic acids is 2. The third-order valence-corrected chi connectivity index (χ3v) is 6.87. The minimum atomic E-state index is -4.61. The molecule has 0 radical (unpaired) electrons. The number of sulfonamides is 1. The van der Waals surface area contributed by atoms with Crippen LogP contribution in [0, 0.1) is 6.92 Å². The maximum atomic E-state index is 12.8. The van der Waals surface area contributed by atoms with Gasteiger partial charge in [-0.1, -0.05) is 0 Å². The summed E-state index contributed by atoms with van der Waals surface area (Å²) >= 11 is 0. The topological polar surface area (TPSA) is 119 Å². The number of nitrogens with zero attached hydrogens (tertiary/aromatic N) is 4. The lowest BCUT2D eigenvalue weighted by Gasteiger charge is -2.34. The average Bonchev–Trinajstić information content (AvgIpc) is 3.09. The van der Waals surface area contributed by atoms with Crippen LogP contribution in [0.25, 0.3) is 0 Å². The van der Waals surface area contributed by atoms with Crippen molar-refractivity contribution >= 4 is 21.8 Å². The van der Waals surface area contributed by atoms with E-state index in [-0.39, 0.29) is 48.0 Å². The van der Waals surface area contributed by atoms with Gasteiger partial charge < -0.3 is 15.2 Å². The monoisotopic (exact) mass is 459 g/mol. The first-order valence-corrected chi connectivity index (χ1v) is 10.6. The molecule has 168 valence electrons. The van der Waals surface area contributed by atoms with Crippen LogP contribution in [0.5, 0.6) is 0 Å². The predicted octanol–water partition coefficient (Wildman–Crippen LogP) is 0.993. The van der Waals surface area contributed by atoms with Gasteiger partial charge >= 0.3 is 6.18 Å². The number of hydrogen-bond donors (Lipinski definition) is 1. The Balaban J connectivity index is 1.72. The van der Waals surface area contributed by atoms with E-state index in [9.17, 15) is 31.2 Å². The quantitative estimate of drug-likeness (QED) is 0.732. The Morgan fingerprint density at radius 3 is 2.23 bits per heavy atom. The van der Waals surface area contributed by atoms with Crippen LogP contribution in [0.4, 0.5) is 13.2 Å². The lowest BCUT2D eigenvalue weighted by atomic mass is 10.1. The van der Waals surface area contributed by atoms with Gasteiger partial charge in [0.05, 0.1) is 11.3 Å². The number of aromatic nitrogens is 2. The standard InChI is InChI=1S/C18H20F3N5O4S/c1-11-13(3-4-15(23-11)18(19,20)21)17(28)25-5-7-26(8-6-25)31(29,30)12-9-14(16(22)27)24(2)10-12/h3-4,9-10H,5-8H2,1-2H3,(H2,22,27). The second-order valence-corrected chi connectivity index (χ2v) is 9.00. The molecule has 0 aromatic carbocycles. The molecule has 2 amide bonds. The van der Waals surface area contributed by atoms with Gasteiger partial charge in [-0.2, -0.15) is 17.5 Å². The molecule has 0 aliphatic carbocycles. The van der Waals surface area contributed by atoms with E-state index in [0.29, 0.717) is 0 Å². The van der Waals surface area contributed by atoms with Gasteiger partial charge in [0.2, 0.25) is 10.0 Å². The normalized spacial score (nSPS) is 15.8. The Bertz CT molecular complexity index is 1140. The van der Waals surface area contributed by atoms with Gasteiger partial charge in [0.15, 0.2) is 0 Å². The van der Waals surface area contributed by atoms with Gasteiger partial charge in [0.1, 0.15) is 16.3 Å². The van der Waals surface area contributed by atoms with E-state index in [2.05, 4.69) is 4.98 Å². The summed E-state index contributed by atoms with van der Waals surface area (Å²) in [5.74, 6) is -1.29. The second-order valence-electron chi connectivity index (χ2n) is 7.06. The van der Waals surface area contributed by atoms with E-state index in [0.717, 1.165) is 12.1 Å². The molecule has 0 atom stereocenters. The molecule has 1 saturated heterocycles. The van der Waals surface area contributed by atoms with Gasteiger partial charge in [-0.15, -0.1) is 0 Å². The third-order valence-electron chi connectivity index (χ3n) is 5.00. The average molecular weight is 459 g/mol. The smallest absolute Gasteiger partial charge is 0.364 e. The molecule has 31 heavy (non-hydrogen) atoms. The molecule has 0 unspecified atom stereocenters. The molecular weight excluding hydrogens is 439 g/mol. The van der Waals surface area contributed by atoms with Crippen LogP contribution in [-0.4, -0.2) is 65.2 Å². The highest BCUT2D eigenvalue weighted by atomic mass is 32.2. The highest BCUT2D eigenvalue weighted by Gasteiger charge is 2.35. The van der Waals surface area contributed by atoms with E-state index in [1.54, 1.807) is 0 Å². The van der Waals surface area contributed by atoms with Gasteiger partial charge in [-0.3, -0.25) is 9.59 Å². The molecule has 2 aromatic rings. The minimum Gasteiger partial charge on any atom is -0.364 e. The highest BCUT2D eigenvalue weighted by molar-refractivity contribution is 7.89. The Kier molecular flexibility index (Phi) is 5.84. The van der Waals surface area contributed by atoms with Gasteiger partial charge in [0, 0.05) is 39.4 Å². The molecular formula is C18H20F3N5O4S. The predicted molar refractivity (Wildman–Crippen MR) is 103 cm³/mol. The van der Waals surface area contributed by atoms with Crippen LogP contribution >= 0.6 is 0 Å². The zero-order valence-corrected chi connectivity index (χ0v) is 17.5. The summed E-state index contributed by atoms with van der Waals surface area (Å²) in [5.41, 5.74) is 4.14. The number of hydrogen-bond acceptors (Lipinski definition) is 5. The number of aryl methyl sites for hydroxylation is 2. The SMILES string of the molecule is Cc1nc(C(F)(F)F)ccc1C(=O)N1CCN(S(=O)(=O)c2cc(C(N)=O)n(C)c2)CC1. The molecule has 2 aromatic heterocycles. The molecule has 3 heterocycles. The zero-order valence-electron chi connectivity index (χ0n) is 16.7. The third kappa shape index (κ3) is 4.42. The summed E-state index contributed by atoms with van der Waals surface area (Å²) in [4.78, 5) is 28.8. The number of alkyl halides is 3.